The van der Waals surface area contributed by atoms with Crippen molar-refractivity contribution in [2.24, 2.45) is 5.41 Å². The summed E-state index contributed by atoms with van der Waals surface area (Å²) in [5.41, 5.74) is 2.22. The highest BCUT2D eigenvalue weighted by Crippen LogP contribution is 2.56. The van der Waals surface area contributed by atoms with Crippen molar-refractivity contribution in [2.75, 3.05) is 24.6 Å². The molecular weight excluding hydrogens is 454 g/mol. The van der Waals surface area contributed by atoms with Gasteiger partial charge in [-0.25, -0.2) is 14.8 Å². The topological polar surface area (TPSA) is 89.3 Å². The lowest BCUT2D eigenvalue weighted by Gasteiger charge is -2.58. The fourth-order valence-corrected chi connectivity index (χ4v) is 5.86. The van der Waals surface area contributed by atoms with Gasteiger partial charge in [0.15, 0.2) is 5.82 Å². The van der Waals surface area contributed by atoms with Gasteiger partial charge in [0.2, 0.25) is 5.95 Å². The van der Waals surface area contributed by atoms with Crippen molar-refractivity contribution in [1.82, 2.24) is 29.6 Å². The molecule has 3 aromatic rings. The molecule has 1 unspecified atom stereocenters. The number of carbonyl (C=O) groups excluding carboxylic acids is 1. The van der Waals surface area contributed by atoms with Crippen molar-refractivity contribution in [3.05, 3.63) is 58.9 Å². The quantitative estimate of drug-likeness (QED) is 0.558. The van der Waals surface area contributed by atoms with E-state index in [9.17, 15) is 4.79 Å². The normalized spacial score (nSPS) is 20.7. The second-order valence-corrected chi connectivity index (χ2v) is 9.97. The molecule has 2 aliphatic heterocycles. The molecule has 176 valence electrons. The summed E-state index contributed by atoms with van der Waals surface area (Å²) in [6.45, 7) is 6.43. The molecule has 1 spiro atoms. The third-order valence-electron chi connectivity index (χ3n) is 7.29. The predicted octanol–water partition coefficient (Wildman–Crippen LogP) is 4.13. The van der Waals surface area contributed by atoms with Gasteiger partial charge in [-0.05, 0) is 56.5 Å². The van der Waals surface area contributed by atoms with E-state index in [-0.39, 0.29) is 17.6 Å². The lowest BCUT2D eigenvalue weighted by atomic mass is 9.57. The Bertz CT molecular complexity index is 1230. The van der Waals surface area contributed by atoms with Gasteiger partial charge in [0.25, 0.3) is 0 Å². The van der Waals surface area contributed by atoms with Crippen LogP contribution in [0.15, 0.2) is 36.7 Å². The number of fused-ring (bicyclic) bond motifs is 3. The van der Waals surface area contributed by atoms with Crippen LogP contribution in [0.4, 0.5) is 10.7 Å². The monoisotopic (exact) mass is 479 g/mol. The Morgan fingerprint density at radius 1 is 1.18 bits per heavy atom. The van der Waals surface area contributed by atoms with Gasteiger partial charge in [-0.1, -0.05) is 11.6 Å². The molecule has 0 N–H and O–H groups in total. The molecule has 10 heteroatoms. The van der Waals surface area contributed by atoms with E-state index in [2.05, 4.69) is 29.6 Å². The van der Waals surface area contributed by atoms with Crippen LogP contribution >= 0.6 is 11.6 Å². The molecule has 1 saturated carbocycles. The Balaban J connectivity index is 1.29. The molecule has 0 bridgehead atoms. The Morgan fingerprint density at radius 2 is 1.91 bits per heavy atom. The Hall–Kier alpha value is -3.20. The minimum Gasteiger partial charge on any atom is -0.450 e. The maximum atomic E-state index is 12.8. The summed E-state index contributed by atoms with van der Waals surface area (Å²) in [7, 11) is 0. The van der Waals surface area contributed by atoms with E-state index in [0.29, 0.717) is 24.1 Å². The summed E-state index contributed by atoms with van der Waals surface area (Å²) in [4.78, 5) is 25.4. The summed E-state index contributed by atoms with van der Waals surface area (Å²) in [5, 5.41) is 9.84. The zero-order valence-electron chi connectivity index (χ0n) is 19.2. The van der Waals surface area contributed by atoms with E-state index in [0.717, 1.165) is 54.8 Å². The van der Waals surface area contributed by atoms with Crippen LogP contribution in [0, 0.1) is 5.41 Å². The van der Waals surface area contributed by atoms with E-state index in [4.69, 9.17) is 16.3 Å². The van der Waals surface area contributed by atoms with Crippen molar-refractivity contribution >= 4 is 23.6 Å². The fraction of sp³-hybridized carbons (Fsp3) is 0.458. The Kier molecular flexibility index (Phi) is 4.98. The number of benzene rings is 1. The number of hydrogen-bond donors (Lipinski definition) is 0. The Morgan fingerprint density at radius 3 is 2.65 bits per heavy atom. The zero-order chi connectivity index (χ0) is 23.4. The highest BCUT2D eigenvalue weighted by molar-refractivity contribution is 6.30. The SMILES string of the molecule is CCOC(=O)N1Cc2cc(Cl)ccc2-n2c(C3CC4(C3)CN(c3ncccn3)C4)nnc2C1C. The van der Waals surface area contributed by atoms with Crippen molar-refractivity contribution in [3.8, 4) is 5.69 Å². The maximum Gasteiger partial charge on any atom is 0.410 e. The van der Waals surface area contributed by atoms with Crippen molar-refractivity contribution in [2.45, 2.75) is 45.2 Å². The van der Waals surface area contributed by atoms with Gasteiger partial charge >= 0.3 is 6.09 Å². The number of ether oxygens (including phenoxy) is 1. The van der Waals surface area contributed by atoms with Crippen molar-refractivity contribution < 1.29 is 9.53 Å². The third-order valence-corrected chi connectivity index (χ3v) is 7.53. The summed E-state index contributed by atoms with van der Waals surface area (Å²) >= 11 is 6.33. The molecule has 4 heterocycles. The second-order valence-electron chi connectivity index (χ2n) is 9.54. The number of hydrogen-bond acceptors (Lipinski definition) is 7. The molecule has 2 aromatic heterocycles. The molecular formula is C24H26ClN7O2. The van der Waals surface area contributed by atoms with Crippen LogP contribution in [0.1, 0.15) is 55.9 Å². The van der Waals surface area contributed by atoms with Gasteiger partial charge in [-0.15, -0.1) is 10.2 Å². The summed E-state index contributed by atoms with van der Waals surface area (Å²) in [6, 6.07) is 7.35. The van der Waals surface area contributed by atoms with Crippen LogP contribution in [0.2, 0.25) is 5.02 Å². The molecule has 1 amide bonds. The van der Waals surface area contributed by atoms with Crippen LogP contribution in [-0.2, 0) is 11.3 Å². The number of amides is 1. The van der Waals surface area contributed by atoms with Crippen molar-refractivity contribution in [3.63, 3.8) is 0 Å². The average Bonchev–Trinajstić information content (AvgIpc) is 3.16. The number of anilines is 1. The number of halogens is 1. The van der Waals surface area contributed by atoms with Crippen LogP contribution in [-0.4, -0.2) is 55.4 Å². The zero-order valence-corrected chi connectivity index (χ0v) is 19.9. The first-order chi connectivity index (χ1) is 16.5. The fourth-order valence-electron chi connectivity index (χ4n) is 5.66. The highest BCUT2D eigenvalue weighted by Gasteiger charge is 2.55. The lowest BCUT2D eigenvalue weighted by Crippen LogP contribution is -2.62. The largest absolute Gasteiger partial charge is 0.450 e. The number of nitrogens with zero attached hydrogens (tertiary/aromatic N) is 7. The molecule has 0 radical (unpaired) electrons. The molecule has 1 aromatic carbocycles. The van der Waals surface area contributed by atoms with Gasteiger partial charge in [0.05, 0.1) is 24.9 Å². The predicted molar refractivity (Wildman–Crippen MR) is 126 cm³/mol. The molecule has 1 saturated heterocycles. The number of rotatable bonds is 3. The molecule has 6 rings (SSSR count). The van der Waals surface area contributed by atoms with Crippen molar-refractivity contribution in [1.29, 1.82) is 0 Å². The summed E-state index contributed by atoms with van der Waals surface area (Å²) < 4.78 is 7.47. The molecule has 2 fully saturated rings. The lowest BCUT2D eigenvalue weighted by molar-refractivity contribution is 0.0574. The average molecular weight is 480 g/mol. The van der Waals surface area contributed by atoms with E-state index >= 15 is 0 Å². The first-order valence-electron chi connectivity index (χ1n) is 11.7. The standard InChI is InChI=1S/C24H26ClN7O2/c1-3-34-23(33)31-12-16-9-18(25)5-6-19(16)32-20(15(31)2)28-29-21(32)17-10-24(11-17)13-30(14-24)22-26-7-4-8-27-22/h4-9,15,17H,3,10-14H2,1-2H3. The number of aromatic nitrogens is 5. The minimum absolute atomic E-state index is 0.282. The van der Waals surface area contributed by atoms with E-state index in [1.807, 2.05) is 38.1 Å². The first kappa shape index (κ1) is 21.3. The van der Waals surface area contributed by atoms with E-state index in [1.165, 1.54) is 0 Å². The molecule has 9 nitrogen and oxygen atoms in total. The molecule has 1 atom stereocenters. The Labute approximate surface area is 202 Å². The summed E-state index contributed by atoms with van der Waals surface area (Å²) in [6.07, 6.45) is 5.31. The van der Waals surface area contributed by atoms with Crippen LogP contribution in [0.5, 0.6) is 0 Å². The summed E-state index contributed by atoms with van der Waals surface area (Å²) in [5.74, 6) is 2.81. The molecule has 1 aliphatic carbocycles. The van der Waals surface area contributed by atoms with Gasteiger partial charge in [0.1, 0.15) is 5.82 Å². The van der Waals surface area contributed by atoms with Crippen LogP contribution < -0.4 is 4.90 Å². The van der Waals surface area contributed by atoms with Gasteiger partial charge in [0, 0.05) is 41.8 Å². The second kappa shape index (κ2) is 7.94. The number of carbonyl (C=O) groups is 1. The smallest absolute Gasteiger partial charge is 0.410 e. The van der Waals surface area contributed by atoms with Gasteiger partial charge in [-0.3, -0.25) is 9.47 Å². The minimum atomic E-state index is -0.362. The third kappa shape index (κ3) is 3.33. The van der Waals surface area contributed by atoms with E-state index in [1.54, 1.807) is 17.3 Å². The van der Waals surface area contributed by atoms with Crippen LogP contribution in [0.25, 0.3) is 5.69 Å². The first-order valence-corrected chi connectivity index (χ1v) is 12.1. The van der Waals surface area contributed by atoms with Gasteiger partial charge < -0.3 is 9.64 Å². The highest BCUT2D eigenvalue weighted by atomic mass is 35.5. The molecule has 3 aliphatic rings. The maximum absolute atomic E-state index is 12.8. The van der Waals surface area contributed by atoms with Crippen LogP contribution in [0.3, 0.4) is 0 Å². The molecule has 34 heavy (non-hydrogen) atoms. The van der Waals surface area contributed by atoms with E-state index < -0.39 is 0 Å². The van der Waals surface area contributed by atoms with Gasteiger partial charge in [-0.2, -0.15) is 0 Å².